The summed E-state index contributed by atoms with van der Waals surface area (Å²) >= 11 is 0. The van der Waals surface area contributed by atoms with E-state index in [-0.39, 0.29) is 0 Å². The SMILES string of the molecule is CC1CCCCC1N(C)CC1CCCCN1. The van der Waals surface area contributed by atoms with Crippen molar-refractivity contribution in [2.24, 2.45) is 5.92 Å². The van der Waals surface area contributed by atoms with Gasteiger partial charge in [-0.15, -0.1) is 0 Å². The van der Waals surface area contributed by atoms with E-state index in [4.69, 9.17) is 0 Å². The first-order valence-corrected chi connectivity index (χ1v) is 7.21. The predicted octanol–water partition coefficient (Wildman–Crippen LogP) is 2.64. The molecule has 2 rings (SSSR count). The van der Waals surface area contributed by atoms with Crippen LogP contribution in [0.1, 0.15) is 51.9 Å². The Morgan fingerprint density at radius 3 is 2.50 bits per heavy atom. The maximum absolute atomic E-state index is 3.66. The van der Waals surface area contributed by atoms with Crippen molar-refractivity contribution in [1.82, 2.24) is 10.2 Å². The van der Waals surface area contributed by atoms with E-state index in [1.165, 1.54) is 58.0 Å². The summed E-state index contributed by atoms with van der Waals surface area (Å²) in [5.41, 5.74) is 0. The summed E-state index contributed by atoms with van der Waals surface area (Å²) in [6.45, 7) is 4.93. The number of hydrogen-bond donors (Lipinski definition) is 1. The summed E-state index contributed by atoms with van der Waals surface area (Å²) in [7, 11) is 2.34. The first-order chi connectivity index (χ1) is 7.77. The minimum absolute atomic E-state index is 0.757. The second-order valence-corrected chi connectivity index (χ2v) is 5.92. The normalized spacial score (nSPS) is 36.6. The maximum Gasteiger partial charge on any atom is 0.0195 e. The zero-order valence-corrected chi connectivity index (χ0v) is 11.0. The quantitative estimate of drug-likeness (QED) is 0.793. The lowest BCUT2D eigenvalue weighted by molar-refractivity contribution is 0.123. The zero-order valence-electron chi connectivity index (χ0n) is 11.0. The van der Waals surface area contributed by atoms with Gasteiger partial charge in [-0.3, -0.25) is 0 Å². The Kier molecular flexibility index (Phi) is 4.66. The minimum atomic E-state index is 0.757. The number of nitrogens with one attached hydrogen (secondary N) is 1. The van der Waals surface area contributed by atoms with Crippen LogP contribution in [0.4, 0.5) is 0 Å². The van der Waals surface area contributed by atoms with E-state index >= 15 is 0 Å². The number of rotatable bonds is 3. The van der Waals surface area contributed by atoms with E-state index < -0.39 is 0 Å². The van der Waals surface area contributed by atoms with Crippen LogP contribution in [0.25, 0.3) is 0 Å². The van der Waals surface area contributed by atoms with Gasteiger partial charge in [-0.05, 0) is 45.2 Å². The van der Waals surface area contributed by atoms with Crippen molar-refractivity contribution in [2.45, 2.75) is 64.0 Å². The molecule has 0 spiro atoms. The summed E-state index contributed by atoms with van der Waals surface area (Å²) in [4.78, 5) is 2.63. The monoisotopic (exact) mass is 224 g/mol. The molecule has 1 heterocycles. The third-order valence-corrected chi connectivity index (χ3v) is 4.55. The number of hydrogen-bond acceptors (Lipinski definition) is 2. The van der Waals surface area contributed by atoms with E-state index in [9.17, 15) is 0 Å². The largest absolute Gasteiger partial charge is 0.313 e. The second kappa shape index (κ2) is 6.02. The molecule has 1 aliphatic carbocycles. The molecule has 3 unspecified atom stereocenters. The van der Waals surface area contributed by atoms with Crippen LogP contribution in [0, 0.1) is 5.92 Å². The van der Waals surface area contributed by atoms with Crippen LogP contribution < -0.4 is 5.32 Å². The molecule has 0 amide bonds. The van der Waals surface area contributed by atoms with E-state index in [2.05, 4.69) is 24.2 Å². The third kappa shape index (κ3) is 3.21. The highest BCUT2D eigenvalue weighted by Crippen LogP contribution is 2.27. The van der Waals surface area contributed by atoms with Crippen LogP contribution in [0.15, 0.2) is 0 Å². The van der Waals surface area contributed by atoms with Gasteiger partial charge in [0.2, 0.25) is 0 Å². The highest BCUT2D eigenvalue weighted by atomic mass is 15.2. The van der Waals surface area contributed by atoms with Crippen molar-refractivity contribution in [3.05, 3.63) is 0 Å². The molecule has 0 aromatic heterocycles. The molecule has 1 aliphatic heterocycles. The lowest BCUT2D eigenvalue weighted by atomic mass is 9.85. The summed E-state index contributed by atoms with van der Waals surface area (Å²) in [5.74, 6) is 0.905. The van der Waals surface area contributed by atoms with E-state index in [0.717, 1.165) is 18.0 Å². The zero-order chi connectivity index (χ0) is 11.4. The van der Waals surface area contributed by atoms with Gasteiger partial charge in [0, 0.05) is 18.6 Å². The Morgan fingerprint density at radius 1 is 1.06 bits per heavy atom. The lowest BCUT2D eigenvalue weighted by Crippen LogP contribution is -2.48. The van der Waals surface area contributed by atoms with Crippen molar-refractivity contribution in [3.8, 4) is 0 Å². The van der Waals surface area contributed by atoms with Crippen molar-refractivity contribution >= 4 is 0 Å². The molecule has 2 nitrogen and oxygen atoms in total. The molecule has 0 aromatic rings. The molecule has 2 aliphatic rings. The predicted molar refractivity (Wildman–Crippen MR) is 69.7 cm³/mol. The first-order valence-electron chi connectivity index (χ1n) is 7.21. The Morgan fingerprint density at radius 2 is 1.81 bits per heavy atom. The van der Waals surface area contributed by atoms with Crippen LogP contribution in [-0.2, 0) is 0 Å². The highest BCUT2D eigenvalue weighted by molar-refractivity contribution is 4.83. The van der Waals surface area contributed by atoms with Crippen LogP contribution in [0.2, 0.25) is 0 Å². The van der Waals surface area contributed by atoms with Gasteiger partial charge in [0.05, 0.1) is 0 Å². The Bertz CT molecular complexity index is 199. The molecular formula is C14H28N2. The molecule has 0 bridgehead atoms. The summed E-state index contributed by atoms with van der Waals surface area (Å²) in [5, 5.41) is 3.66. The average molecular weight is 224 g/mol. The Hall–Kier alpha value is -0.0800. The van der Waals surface area contributed by atoms with Gasteiger partial charge in [-0.25, -0.2) is 0 Å². The van der Waals surface area contributed by atoms with E-state index in [1.54, 1.807) is 0 Å². The van der Waals surface area contributed by atoms with E-state index in [0.29, 0.717) is 0 Å². The van der Waals surface area contributed by atoms with Crippen LogP contribution in [0.3, 0.4) is 0 Å². The summed E-state index contributed by atoms with van der Waals surface area (Å²) < 4.78 is 0. The molecule has 0 radical (unpaired) electrons. The number of likely N-dealkylation sites (N-methyl/N-ethyl adjacent to an activating group) is 1. The Labute approximate surface area is 101 Å². The van der Waals surface area contributed by atoms with Crippen molar-refractivity contribution in [1.29, 1.82) is 0 Å². The standard InChI is InChI=1S/C14H28N2/c1-12-7-3-4-9-14(12)16(2)11-13-8-5-6-10-15-13/h12-15H,3-11H2,1-2H3. The third-order valence-electron chi connectivity index (χ3n) is 4.55. The fourth-order valence-electron chi connectivity index (χ4n) is 3.51. The molecule has 1 saturated heterocycles. The van der Waals surface area contributed by atoms with Crippen molar-refractivity contribution in [2.75, 3.05) is 20.1 Å². The molecule has 94 valence electrons. The summed E-state index contributed by atoms with van der Waals surface area (Å²) in [6.07, 6.45) is 9.93. The highest BCUT2D eigenvalue weighted by Gasteiger charge is 2.26. The number of nitrogens with zero attached hydrogens (tertiary/aromatic N) is 1. The van der Waals surface area contributed by atoms with Crippen LogP contribution in [0.5, 0.6) is 0 Å². The van der Waals surface area contributed by atoms with Gasteiger partial charge in [0.15, 0.2) is 0 Å². The molecule has 2 heteroatoms. The lowest BCUT2D eigenvalue weighted by Gasteiger charge is -2.38. The Balaban J connectivity index is 1.78. The number of piperidine rings is 1. The smallest absolute Gasteiger partial charge is 0.0195 e. The molecule has 2 fully saturated rings. The van der Waals surface area contributed by atoms with Gasteiger partial charge in [-0.2, -0.15) is 0 Å². The molecular weight excluding hydrogens is 196 g/mol. The van der Waals surface area contributed by atoms with Crippen molar-refractivity contribution in [3.63, 3.8) is 0 Å². The van der Waals surface area contributed by atoms with Crippen LogP contribution in [-0.4, -0.2) is 37.1 Å². The van der Waals surface area contributed by atoms with Gasteiger partial charge < -0.3 is 10.2 Å². The van der Waals surface area contributed by atoms with Gasteiger partial charge in [-0.1, -0.05) is 26.2 Å². The van der Waals surface area contributed by atoms with Gasteiger partial charge in [0.25, 0.3) is 0 Å². The molecule has 1 N–H and O–H groups in total. The fourth-order valence-corrected chi connectivity index (χ4v) is 3.51. The summed E-state index contributed by atoms with van der Waals surface area (Å²) in [6, 6.07) is 1.60. The van der Waals surface area contributed by atoms with Gasteiger partial charge in [0.1, 0.15) is 0 Å². The van der Waals surface area contributed by atoms with E-state index in [1.807, 2.05) is 0 Å². The molecule has 0 aromatic carbocycles. The topological polar surface area (TPSA) is 15.3 Å². The van der Waals surface area contributed by atoms with Crippen molar-refractivity contribution < 1.29 is 0 Å². The first kappa shape index (κ1) is 12.4. The maximum atomic E-state index is 3.66. The minimum Gasteiger partial charge on any atom is -0.313 e. The van der Waals surface area contributed by atoms with Gasteiger partial charge >= 0.3 is 0 Å². The molecule has 16 heavy (non-hydrogen) atoms. The second-order valence-electron chi connectivity index (χ2n) is 5.92. The molecule has 3 atom stereocenters. The average Bonchev–Trinajstić information content (AvgIpc) is 2.31. The van der Waals surface area contributed by atoms with Crippen LogP contribution >= 0.6 is 0 Å². The fraction of sp³-hybridized carbons (Fsp3) is 1.00. The molecule has 1 saturated carbocycles.